The molecule has 0 fully saturated rings. The second-order valence-corrected chi connectivity index (χ2v) is 7.33. The normalized spacial score (nSPS) is 11.9. The Morgan fingerprint density at radius 1 is 1.28 bits per heavy atom. The minimum atomic E-state index is -0.0677. The molecular formula is C18H18N8O2S. The van der Waals surface area contributed by atoms with Crippen LogP contribution in [-0.4, -0.2) is 42.0 Å². The van der Waals surface area contributed by atoms with Gasteiger partial charge in [0, 0.05) is 17.0 Å². The summed E-state index contributed by atoms with van der Waals surface area (Å²) >= 11 is 1.43. The largest absolute Gasteiger partial charge is 0.366 e. The summed E-state index contributed by atoms with van der Waals surface area (Å²) in [4.78, 5) is 16.3. The summed E-state index contributed by atoms with van der Waals surface area (Å²) in [5, 5.41) is 24.7. The van der Waals surface area contributed by atoms with E-state index in [0.29, 0.717) is 39.1 Å². The summed E-state index contributed by atoms with van der Waals surface area (Å²) in [7, 11) is 0. The number of aromatic amines is 1. The Hall–Kier alpha value is -3.34. The number of H-pyrrole nitrogens is 1. The smallest absolute Gasteiger partial charge is 0.311 e. The van der Waals surface area contributed by atoms with Gasteiger partial charge in [0.2, 0.25) is 5.16 Å². The summed E-state index contributed by atoms with van der Waals surface area (Å²) in [6.07, 6.45) is 1.90. The number of carbonyl (C=O) groups excluding carboxylic acids is 1. The van der Waals surface area contributed by atoms with Gasteiger partial charge in [-0.1, -0.05) is 60.1 Å². The highest BCUT2D eigenvalue weighted by molar-refractivity contribution is 7.98. The molecule has 1 N–H and O–H groups in total. The van der Waals surface area contributed by atoms with E-state index in [0.717, 1.165) is 0 Å². The molecule has 3 heterocycles. The summed E-state index contributed by atoms with van der Waals surface area (Å²) in [6.45, 7) is 5.43. The number of azo groups is 1. The number of carbonyl (C=O) groups is 1. The average Bonchev–Trinajstić information content (AvgIpc) is 3.41. The fourth-order valence-corrected chi connectivity index (χ4v) is 3.24. The second-order valence-electron chi connectivity index (χ2n) is 6.56. The zero-order chi connectivity index (χ0) is 20.5. The molecule has 0 radical (unpaired) electrons. The Balaban J connectivity index is 1.88. The lowest BCUT2D eigenvalue weighted by atomic mass is 10.0. The van der Waals surface area contributed by atoms with Crippen LogP contribution in [0.3, 0.4) is 0 Å². The Morgan fingerprint density at radius 2 is 2.07 bits per heavy atom. The van der Waals surface area contributed by atoms with E-state index in [1.54, 1.807) is 10.6 Å². The fourth-order valence-electron chi connectivity index (χ4n) is 2.80. The van der Waals surface area contributed by atoms with Crippen LogP contribution in [0.5, 0.6) is 0 Å². The van der Waals surface area contributed by atoms with Crippen molar-refractivity contribution in [3.63, 3.8) is 0 Å². The summed E-state index contributed by atoms with van der Waals surface area (Å²) in [5.41, 5.74) is 2.69. The van der Waals surface area contributed by atoms with Crippen molar-refractivity contribution in [3.8, 4) is 11.3 Å². The topological polar surface area (TPSA) is 127 Å². The lowest BCUT2D eigenvalue weighted by Crippen LogP contribution is -1.97. The van der Waals surface area contributed by atoms with E-state index in [4.69, 9.17) is 4.52 Å². The number of thioether (sulfide) groups is 1. The number of hydrogen-bond acceptors (Lipinski definition) is 9. The molecule has 1 aromatic carbocycles. The number of hydrogen-bond donors (Lipinski definition) is 1. The molecule has 0 aliphatic heterocycles. The number of rotatable bonds is 6. The molecule has 0 aliphatic rings. The maximum atomic E-state index is 12.1. The van der Waals surface area contributed by atoms with Crippen LogP contribution in [0.1, 0.15) is 42.9 Å². The Morgan fingerprint density at radius 3 is 2.76 bits per heavy atom. The van der Waals surface area contributed by atoms with E-state index in [9.17, 15) is 4.79 Å². The first-order valence-electron chi connectivity index (χ1n) is 8.86. The second kappa shape index (κ2) is 7.59. The highest BCUT2D eigenvalue weighted by atomic mass is 32.2. The van der Waals surface area contributed by atoms with E-state index in [1.165, 1.54) is 18.7 Å². The molecular weight excluding hydrogens is 392 g/mol. The van der Waals surface area contributed by atoms with Gasteiger partial charge in [0.05, 0.1) is 0 Å². The predicted molar refractivity (Wildman–Crippen MR) is 107 cm³/mol. The van der Waals surface area contributed by atoms with Crippen LogP contribution in [0, 0.1) is 0 Å². The van der Waals surface area contributed by atoms with Crippen LogP contribution in [-0.2, 0) is 0 Å². The molecule has 0 amide bonds. The van der Waals surface area contributed by atoms with Crippen molar-refractivity contribution >= 4 is 34.9 Å². The third kappa shape index (κ3) is 3.44. The molecule has 29 heavy (non-hydrogen) atoms. The van der Waals surface area contributed by atoms with Crippen LogP contribution in [0.15, 0.2) is 44.2 Å². The van der Waals surface area contributed by atoms with Crippen molar-refractivity contribution in [3.05, 3.63) is 35.7 Å². The van der Waals surface area contributed by atoms with E-state index in [-0.39, 0.29) is 17.7 Å². The number of benzene rings is 1. The molecule has 0 atom stereocenters. The van der Waals surface area contributed by atoms with Crippen molar-refractivity contribution < 1.29 is 9.32 Å². The van der Waals surface area contributed by atoms with E-state index in [2.05, 4.69) is 35.7 Å². The molecule has 3 aromatic heterocycles. The van der Waals surface area contributed by atoms with Gasteiger partial charge < -0.3 is 4.52 Å². The van der Waals surface area contributed by atoms with Crippen LogP contribution in [0.25, 0.3) is 16.9 Å². The number of ketones is 1. The third-order valence-electron chi connectivity index (χ3n) is 4.23. The monoisotopic (exact) mass is 410 g/mol. The van der Waals surface area contributed by atoms with Gasteiger partial charge >= 0.3 is 6.01 Å². The SMILES string of the molecule is CSc1n[nH]c2c(/N=N/c3nc(C(C)C)no3)c(-c3ccccc3C(C)=O)nn12. The van der Waals surface area contributed by atoms with E-state index in [1.807, 2.05) is 38.3 Å². The van der Waals surface area contributed by atoms with Gasteiger partial charge in [-0.25, -0.2) is 0 Å². The van der Waals surface area contributed by atoms with Gasteiger partial charge in [-0.3, -0.25) is 9.89 Å². The number of nitrogens with zero attached hydrogens (tertiary/aromatic N) is 7. The lowest BCUT2D eigenvalue weighted by Gasteiger charge is -2.04. The van der Waals surface area contributed by atoms with Gasteiger partial charge in [-0.15, -0.1) is 10.2 Å². The van der Waals surface area contributed by atoms with Crippen LogP contribution in [0.4, 0.5) is 11.7 Å². The first-order valence-corrected chi connectivity index (χ1v) is 10.1. The molecule has 148 valence electrons. The number of fused-ring (bicyclic) bond motifs is 1. The lowest BCUT2D eigenvalue weighted by molar-refractivity contribution is 0.101. The molecule has 0 saturated heterocycles. The molecule has 11 heteroatoms. The molecule has 0 bridgehead atoms. The quantitative estimate of drug-likeness (QED) is 0.280. The molecule has 0 saturated carbocycles. The minimum Gasteiger partial charge on any atom is -0.311 e. The number of aromatic nitrogens is 6. The maximum Gasteiger partial charge on any atom is 0.366 e. The van der Waals surface area contributed by atoms with Crippen LogP contribution in [0.2, 0.25) is 0 Å². The molecule has 0 aliphatic carbocycles. The molecule has 10 nitrogen and oxygen atoms in total. The highest BCUT2D eigenvalue weighted by Gasteiger charge is 2.22. The van der Waals surface area contributed by atoms with Gasteiger partial charge in [0.25, 0.3) is 0 Å². The van der Waals surface area contributed by atoms with Gasteiger partial charge in [-0.2, -0.15) is 14.6 Å². The third-order valence-corrected chi connectivity index (χ3v) is 4.86. The summed E-state index contributed by atoms with van der Waals surface area (Å²) in [5.74, 6) is 0.592. The van der Waals surface area contributed by atoms with Gasteiger partial charge in [0.15, 0.2) is 22.9 Å². The highest BCUT2D eigenvalue weighted by Crippen LogP contribution is 2.37. The summed E-state index contributed by atoms with van der Waals surface area (Å²) < 4.78 is 6.77. The van der Waals surface area contributed by atoms with E-state index < -0.39 is 0 Å². The molecule has 0 unspecified atom stereocenters. The van der Waals surface area contributed by atoms with Gasteiger partial charge in [0.1, 0.15) is 5.69 Å². The number of nitrogens with one attached hydrogen (secondary N) is 1. The Kier molecular flexibility index (Phi) is 4.97. The average molecular weight is 410 g/mol. The van der Waals surface area contributed by atoms with Crippen molar-refractivity contribution in [1.29, 1.82) is 0 Å². The minimum absolute atomic E-state index is 0.0449. The Labute approximate surface area is 169 Å². The van der Waals surface area contributed by atoms with Crippen molar-refractivity contribution in [2.45, 2.75) is 31.8 Å². The van der Waals surface area contributed by atoms with E-state index >= 15 is 0 Å². The zero-order valence-electron chi connectivity index (χ0n) is 16.2. The van der Waals surface area contributed by atoms with Crippen LogP contribution >= 0.6 is 11.8 Å². The van der Waals surface area contributed by atoms with Gasteiger partial charge in [-0.05, 0) is 13.2 Å². The first-order chi connectivity index (χ1) is 14.0. The first kappa shape index (κ1) is 19.0. The predicted octanol–water partition coefficient (Wildman–Crippen LogP) is 4.57. The molecule has 4 aromatic rings. The summed E-state index contributed by atoms with van der Waals surface area (Å²) in [6, 6.07) is 7.28. The van der Waals surface area contributed by atoms with Crippen molar-refractivity contribution in [2.24, 2.45) is 10.2 Å². The number of Topliss-reactive ketones (excluding diaryl/α,β-unsaturated/α-hetero) is 1. The van der Waals surface area contributed by atoms with Crippen LogP contribution < -0.4 is 0 Å². The van der Waals surface area contributed by atoms with Crippen molar-refractivity contribution in [1.82, 2.24) is 30.0 Å². The zero-order valence-corrected chi connectivity index (χ0v) is 17.1. The fraction of sp³-hybridized carbons (Fsp3) is 0.278. The van der Waals surface area contributed by atoms with Crippen molar-refractivity contribution in [2.75, 3.05) is 6.26 Å². The molecule has 0 spiro atoms. The Bertz CT molecular complexity index is 1220. The molecule has 4 rings (SSSR count). The maximum absolute atomic E-state index is 12.1. The standard InChI is InChI=1S/C18H18N8O2S/c1-9(2)15-19-17(28-25-15)22-20-14-13(12-8-6-5-7-11(12)10(3)27)24-26-16(14)21-23-18(26)29-4/h5-9,21H,1-4H3/b22-20+.